The molecule has 0 bridgehead atoms. The van der Waals surface area contributed by atoms with Crippen LogP contribution in [0.3, 0.4) is 0 Å². The van der Waals surface area contributed by atoms with Gasteiger partial charge in [0.2, 0.25) is 0 Å². The molecule has 7 nitrogen and oxygen atoms in total. The lowest BCUT2D eigenvalue weighted by Gasteiger charge is -2.14. The normalized spacial score (nSPS) is 15.3. The number of carbonyl (C=O) groups excluding carboxylic acids is 1. The largest absolute Gasteiger partial charge is 0.352 e. The van der Waals surface area contributed by atoms with E-state index in [4.69, 9.17) is 4.98 Å². The van der Waals surface area contributed by atoms with E-state index < -0.39 is 0 Å². The molecule has 0 aliphatic heterocycles. The van der Waals surface area contributed by atoms with Gasteiger partial charge in [0.15, 0.2) is 5.65 Å². The molecule has 26 heavy (non-hydrogen) atoms. The molecule has 0 spiro atoms. The topological polar surface area (TPSA) is 77.6 Å². The predicted octanol–water partition coefficient (Wildman–Crippen LogP) is 2.42. The van der Waals surface area contributed by atoms with Crippen LogP contribution in [-0.2, 0) is 13.6 Å². The van der Waals surface area contributed by atoms with Gasteiger partial charge in [-0.05, 0) is 37.8 Å². The highest BCUT2D eigenvalue weighted by Crippen LogP contribution is 2.40. The van der Waals surface area contributed by atoms with Crippen LogP contribution in [0.15, 0.2) is 24.5 Å². The van der Waals surface area contributed by atoms with E-state index in [0.29, 0.717) is 18.0 Å². The number of hydrogen-bond donors (Lipinski definition) is 1. The minimum Gasteiger partial charge on any atom is -0.352 e. The summed E-state index contributed by atoms with van der Waals surface area (Å²) in [4.78, 5) is 17.5. The molecule has 7 heteroatoms. The van der Waals surface area contributed by atoms with Crippen molar-refractivity contribution in [1.29, 1.82) is 0 Å². The summed E-state index contributed by atoms with van der Waals surface area (Å²) in [5.74, 6) is 0.714. The molecule has 3 heterocycles. The number of aromatic nitrogens is 5. The van der Waals surface area contributed by atoms with Crippen LogP contribution in [0.2, 0.25) is 0 Å². The van der Waals surface area contributed by atoms with Crippen LogP contribution in [0.4, 0.5) is 0 Å². The molecule has 136 valence electrons. The van der Waals surface area contributed by atoms with Gasteiger partial charge in [-0.3, -0.25) is 14.2 Å². The van der Waals surface area contributed by atoms with Crippen molar-refractivity contribution in [3.8, 4) is 0 Å². The third-order valence-electron chi connectivity index (χ3n) is 4.99. The summed E-state index contributed by atoms with van der Waals surface area (Å²) in [6.45, 7) is 5.53. The summed E-state index contributed by atoms with van der Waals surface area (Å²) >= 11 is 0. The maximum absolute atomic E-state index is 12.8. The Bertz CT molecular complexity index is 952. The molecule has 3 aromatic heterocycles. The van der Waals surface area contributed by atoms with Crippen LogP contribution >= 0.6 is 0 Å². The maximum atomic E-state index is 12.8. The van der Waals surface area contributed by atoms with Crippen molar-refractivity contribution in [3.05, 3.63) is 41.5 Å². The molecular weight excluding hydrogens is 328 g/mol. The lowest BCUT2D eigenvalue weighted by molar-refractivity contribution is 0.0948. The number of pyridine rings is 1. The molecule has 0 radical (unpaired) electrons. The van der Waals surface area contributed by atoms with Gasteiger partial charge in [-0.1, -0.05) is 6.92 Å². The Morgan fingerprint density at radius 3 is 2.88 bits per heavy atom. The summed E-state index contributed by atoms with van der Waals surface area (Å²) in [5, 5.41) is 12.5. The zero-order chi connectivity index (χ0) is 18.3. The minimum absolute atomic E-state index is 0.0589. The SMILES string of the molecule is Cc1ccnn1C[C@@H](C)CNC(=O)c1cc(C2CC2)nc2c1cnn2C. The molecule has 1 atom stereocenters. The fourth-order valence-electron chi connectivity index (χ4n) is 3.22. The number of fused-ring (bicyclic) bond motifs is 1. The molecule has 1 fully saturated rings. The van der Waals surface area contributed by atoms with Gasteiger partial charge in [-0.15, -0.1) is 0 Å². The second kappa shape index (κ2) is 6.55. The van der Waals surface area contributed by atoms with Gasteiger partial charge >= 0.3 is 0 Å². The lowest BCUT2D eigenvalue weighted by Crippen LogP contribution is -2.30. The first-order chi connectivity index (χ1) is 12.5. The third kappa shape index (κ3) is 3.21. The summed E-state index contributed by atoms with van der Waals surface area (Å²) in [6, 6.07) is 3.93. The van der Waals surface area contributed by atoms with Crippen LogP contribution in [0, 0.1) is 12.8 Å². The zero-order valence-electron chi connectivity index (χ0n) is 15.4. The van der Waals surface area contributed by atoms with Gasteiger partial charge < -0.3 is 5.32 Å². The van der Waals surface area contributed by atoms with Crippen molar-refractivity contribution in [1.82, 2.24) is 29.9 Å². The van der Waals surface area contributed by atoms with Crippen molar-refractivity contribution in [2.45, 2.75) is 39.2 Å². The fourth-order valence-corrected chi connectivity index (χ4v) is 3.22. The average Bonchev–Trinajstić information content (AvgIpc) is 3.32. The Balaban J connectivity index is 1.50. The number of rotatable bonds is 6. The quantitative estimate of drug-likeness (QED) is 0.739. The monoisotopic (exact) mass is 352 g/mol. The van der Waals surface area contributed by atoms with Gasteiger partial charge in [-0.25, -0.2) is 4.98 Å². The number of amides is 1. The van der Waals surface area contributed by atoms with Crippen molar-refractivity contribution in [2.24, 2.45) is 13.0 Å². The molecule has 4 rings (SSSR count). The number of nitrogens with one attached hydrogen (secondary N) is 1. The summed E-state index contributed by atoms with van der Waals surface area (Å²) in [7, 11) is 1.86. The molecule has 1 aliphatic rings. The molecule has 3 aromatic rings. The molecule has 0 aromatic carbocycles. The summed E-state index contributed by atoms with van der Waals surface area (Å²) < 4.78 is 3.70. The van der Waals surface area contributed by atoms with Crippen LogP contribution in [0.5, 0.6) is 0 Å². The Labute approximate surface area is 152 Å². The Morgan fingerprint density at radius 1 is 1.38 bits per heavy atom. The molecule has 1 saturated carbocycles. The minimum atomic E-state index is -0.0589. The van der Waals surface area contributed by atoms with Crippen LogP contribution in [-0.4, -0.2) is 37.0 Å². The summed E-state index contributed by atoms with van der Waals surface area (Å²) in [5.41, 5.74) is 3.59. The fraction of sp³-hybridized carbons (Fsp3) is 0.474. The lowest BCUT2D eigenvalue weighted by atomic mass is 10.1. The highest BCUT2D eigenvalue weighted by Gasteiger charge is 2.27. The molecule has 1 amide bonds. The Kier molecular flexibility index (Phi) is 4.22. The average molecular weight is 352 g/mol. The highest BCUT2D eigenvalue weighted by molar-refractivity contribution is 6.05. The highest BCUT2D eigenvalue weighted by atomic mass is 16.1. The van der Waals surface area contributed by atoms with E-state index in [9.17, 15) is 4.79 Å². The van der Waals surface area contributed by atoms with E-state index in [1.807, 2.05) is 30.8 Å². The van der Waals surface area contributed by atoms with Crippen LogP contribution in [0.25, 0.3) is 11.0 Å². The van der Waals surface area contributed by atoms with Crippen molar-refractivity contribution in [3.63, 3.8) is 0 Å². The van der Waals surface area contributed by atoms with Crippen molar-refractivity contribution >= 4 is 16.9 Å². The maximum Gasteiger partial charge on any atom is 0.252 e. The van der Waals surface area contributed by atoms with Crippen LogP contribution < -0.4 is 5.32 Å². The van der Waals surface area contributed by atoms with Crippen molar-refractivity contribution < 1.29 is 4.79 Å². The number of carbonyl (C=O) groups is 1. The molecular formula is C19H24N6O. The zero-order valence-corrected chi connectivity index (χ0v) is 15.4. The molecule has 0 unspecified atom stereocenters. The van der Waals surface area contributed by atoms with E-state index >= 15 is 0 Å². The molecule has 0 saturated heterocycles. The van der Waals surface area contributed by atoms with Gasteiger partial charge in [-0.2, -0.15) is 10.2 Å². The Morgan fingerprint density at radius 2 is 2.19 bits per heavy atom. The van der Waals surface area contributed by atoms with Gasteiger partial charge in [0.05, 0.1) is 17.1 Å². The third-order valence-corrected chi connectivity index (χ3v) is 4.99. The van der Waals surface area contributed by atoms with E-state index in [-0.39, 0.29) is 11.8 Å². The predicted molar refractivity (Wildman–Crippen MR) is 98.9 cm³/mol. The van der Waals surface area contributed by atoms with Gasteiger partial charge in [0.1, 0.15) is 0 Å². The van der Waals surface area contributed by atoms with Crippen LogP contribution in [0.1, 0.15) is 47.4 Å². The van der Waals surface area contributed by atoms with E-state index in [0.717, 1.165) is 41.8 Å². The van der Waals surface area contributed by atoms with Gasteiger partial charge in [0, 0.05) is 43.6 Å². The molecule has 1 aliphatic carbocycles. The first kappa shape index (κ1) is 16.8. The second-order valence-electron chi connectivity index (χ2n) is 7.34. The Hall–Kier alpha value is -2.70. The number of hydrogen-bond acceptors (Lipinski definition) is 4. The van der Waals surface area contributed by atoms with E-state index in [1.54, 1.807) is 17.1 Å². The number of nitrogens with zero attached hydrogens (tertiary/aromatic N) is 5. The van der Waals surface area contributed by atoms with Gasteiger partial charge in [0.25, 0.3) is 5.91 Å². The van der Waals surface area contributed by atoms with E-state index in [1.165, 1.54) is 0 Å². The van der Waals surface area contributed by atoms with E-state index in [2.05, 4.69) is 22.4 Å². The summed E-state index contributed by atoms with van der Waals surface area (Å²) in [6.07, 6.45) is 5.83. The standard InChI is InChI=1S/C19H24N6O/c1-12(11-25-13(2)6-7-21-25)9-20-19(26)15-8-17(14-4-5-14)23-18-16(15)10-22-24(18)3/h6-8,10,12,14H,4-5,9,11H2,1-3H3,(H,20,26)/t12-/m0/s1. The number of aryl methyl sites for hydroxylation is 2. The first-order valence-electron chi connectivity index (χ1n) is 9.12. The smallest absolute Gasteiger partial charge is 0.252 e. The molecule has 1 N–H and O–H groups in total. The first-order valence-corrected chi connectivity index (χ1v) is 9.12. The van der Waals surface area contributed by atoms with Crippen molar-refractivity contribution in [2.75, 3.05) is 6.54 Å². The second-order valence-corrected chi connectivity index (χ2v) is 7.34.